The van der Waals surface area contributed by atoms with Gasteiger partial charge in [-0.25, -0.2) is 0 Å². The lowest BCUT2D eigenvalue weighted by Crippen LogP contribution is -2.58. The average Bonchev–Trinajstić information content (AvgIpc) is 3.38. The minimum Gasteiger partial charge on any atom is -0.463 e. The molecule has 0 radical (unpaired) electrons. The van der Waals surface area contributed by atoms with Crippen molar-refractivity contribution >= 4 is 29.4 Å². The van der Waals surface area contributed by atoms with Crippen molar-refractivity contribution in [2.45, 2.75) is 57.8 Å². The zero-order valence-corrected chi connectivity index (χ0v) is 19.6. The molecule has 3 aliphatic rings. The SMILES string of the molecule is CC(C)[C@@H](C(=O)OCCN1C(=O)C(N2C(=O)c3ccc(N)cc3C2=O)CCC1O)N1CCCC1. The third-order valence-corrected chi connectivity index (χ3v) is 6.86. The molecule has 2 fully saturated rings. The fourth-order valence-corrected chi connectivity index (χ4v) is 5.18. The number of fused-ring (bicyclic) bond motifs is 1. The minimum absolute atomic E-state index is 0.0246. The van der Waals surface area contributed by atoms with Crippen molar-refractivity contribution in [3.05, 3.63) is 29.3 Å². The summed E-state index contributed by atoms with van der Waals surface area (Å²) in [4.78, 5) is 56.0. The van der Waals surface area contributed by atoms with Crippen molar-refractivity contribution in [3.63, 3.8) is 0 Å². The zero-order chi connectivity index (χ0) is 24.6. The van der Waals surface area contributed by atoms with E-state index in [0.29, 0.717) is 5.69 Å². The van der Waals surface area contributed by atoms with Gasteiger partial charge >= 0.3 is 5.97 Å². The van der Waals surface area contributed by atoms with Gasteiger partial charge in [-0.2, -0.15) is 0 Å². The number of nitrogens with zero attached hydrogens (tertiary/aromatic N) is 3. The molecule has 0 spiro atoms. The molecular weight excluding hydrogens is 440 g/mol. The highest BCUT2D eigenvalue weighted by Crippen LogP contribution is 2.31. The van der Waals surface area contributed by atoms with E-state index in [0.717, 1.165) is 30.8 Å². The number of aliphatic hydroxyl groups is 1. The van der Waals surface area contributed by atoms with Crippen LogP contribution < -0.4 is 5.73 Å². The van der Waals surface area contributed by atoms with Crippen LogP contribution in [0.2, 0.25) is 0 Å². The van der Waals surface area contributed by atoms with Crippen LogP contribution in [0, 0.1) is 5.92 Å². The van der Waals surface area contributed by atoms with Crippen LogP contribution in [0.5, 0.6) is 0 Å². The van der Waals surface area contributed by atoms with E-state index in [1.54, 1.807) is 0 Å². The predicted octanol–water partition coefficient (Wildman–Crippen LogP) is 0.838. The van der Waals surface area contributed by atoms with Crippen LogP contribution in [0.1, 0.15) is 60.2 Å². The lowest BCUT2D eigenvalue weighted by atomic mass is 10.0. The van der Waals surface area contributed by atoms with Gasteiger partial charge in [-0.15, -0.1) is 0 Å². The number of piperidine rings is 1. The number of carbonyl (C=O) groups is 4. The first-order valence-electron chi connectivity index (χ1n) is 11.9. The van der Waals surface area contributed by atoms with E-state index in [1.807, 2.05) is 13.8 Å². The highest BCUT2D eigenvalue weighted by Gasteiger charge is 2.47. The maximum Gasteiger partial charge on any atom is 0.323 e. The fourth-order valence-electron chi connectivity index (χ4n) is 5.18. The Morgan fingerprint density at radius 3 is 2.47 bits per heavy atom. The highest BCUT2D eigenvalue weighted by molar-refractivity contribution is 6.23. The Morgan fingerprint density at radius 2 is 1.79 bits per heavy atom. The molecule has 34 heavy (non-hydrogen) atoms. The van der Waals surface area contributed by atoms with E-state index < -0.39 is 30.0 Å². The summed E-state index contributed by atoms with van der Waals surface area (Å²) in [5.74, 6) is -1.92. The number of likely N-dealkylation sites (tertiary alicyclic amines) is 2. The number of hydrogen-bond donors (Lipinski definition) is 2. The Balaban J connectivity index is 1.40. The van der Waals surface area contributed by atoms with Gasteiger partial charge in [0.15, 0.2) is 0 Å². The quantitative estimate of drug-likeness (QED) is 0.339. The van der Waals surface area contributed by atoms with Gasteiger partial charge in [0.2, 0.25) is 5.91 Å². The molecule has 4 rings (SSSR count). The molecule has 3 heterocycles. The van der Waals surface area contributed by atoms with Crippen LogP contribution in [0.3, 0.4) is 0 Å². The number of amides is 3. The molecule has 10 heteroatoms. The van der Waals surface area contributed by atoms with Crippen LogP contribution in [-0.4, -0.2) is 88.0 Å². The lowest BCUT2D eigenvalue weighted by Gasteiger charge is -2.39. The van der Waals surface area contributed by atoms with E-state index in [2.05, 4.69) is 4.90 Å². The van der Waals surface area contributed by atoms with Crippen molar-refractivity contribution in [1.29, 1.82) is 0 Å². The molecule has 3 atom stereocenters. The third-order valence-electron chi connectivity index (χ3n) is 6.86. The summed E-state index contributed by atoms with van der Waals surface area (Å²) in [6, 6.07) is 3.08. The number of rotatable bonds is 7. The van der Waals surface area contributed by atoms with E-state index >= 15 is 0 Å². The molecule has 2 saturated heterocycles. The van der Waals surface area contributed by atoms with Crippen LogP contribution in [0.25, 0.3) is 0 Å². The van der Waals surface area contributed by atoms with Crippen LogP contribution in [0.4, 0.5) is 5.69 Å². The molecule has 3 N–H and O–H groups in total. The van der Waals surface area contributed by atoms with Gasteiger partial charge in [-0.3, -0.25) is 29.0 Å². The molecule has 3 amide bonds. The zero-order valence-electron chi connectivity index (χ0n) is 19.6. The molecule has 3 aliphatic heterocycles. The Labute approximate surface area is 198 Å². The maximum atomic E-state index is 13.2. The van der Waals surface area contributed by atoms with Gasteiger partial charge < -0.3 is 20.5 Å². The number of benzene rings is 1. The maximum absolute atomic E-state index is 13.2. The fraction of sp³-hybridized carbons (Fsp3) is 0.583. The Morgan fingerprint density at radius 1 is 1.12 bits per heavy atom. The minimum atomic E-state index is -1.08. The second-order valence-corrected chi connectivity index (χ2v) is 9.49. The van der Waals surface area contributed by atoms with Crippen molar-refractivity contribution in [3.8, 4) is 0 Å². The van der Waals surface area contributed by atoms with Gasteiger partial charge in [0, 0.05) is 5.69 Å². The number of ether oxygens (including phenoxy) is 1. The van der Waals surface area contributed by atoms with E-state index in [1.165, 1.54) is 23.1 Å². The molecule has 10 nitrogen and oxygen atoms in total. The monoisotopic (exact) mass is 472 g/mol. The van der Waals surface area contributed by atoms with Crippen molar-refractivity contribution in [2.24, 2.45) is 5.92 Å². The molecule has 1 aromatic rings. The lowest BCUT2D eigenvalue weighted by molar-refractivity contribution is -0.160. The van der Waals surface area contributed by atoms with Crippen molar-refractivity contribution in [2.75, 3.05) is 32.0 Å². The summed E-state index contributed by atoms with van der Waals surface area (Å²) in [7, 11) is 0. The first kappa shape index (κ1) is 24.2. The van der Waals surface area contributed by atoms with Crippen LogP contribution >= 0.6 is 0 Å². The summed E-state index contributed by atoms with van der Waals surface area (Å²) in [6.45, 7) is 5.56. The number of imide groups is 1. The number of aliphatic hydroxyl groups excluding tert-OH is 1. The average molecular weight is 473 g/mol. The van der Waals surface area contributed by atoms with Gasteiger partial charge in [0.25, 0.3) is 11.8 Å². The number of nitrogen functional groups attached to an aromatic ring is 1. The normalized spacial score (nSPS) is 24.2. The number of esters is 1. The second kappa shape index (κ2) is 9.71. The number of hydrogen-bond acceptors (Lipinski definition) is 8. The smallest absolute Gasteiger partial charge is 0.323 e. The van der Waals surface area contributed by atoms with E-state index in [-0.39, 0.29) is 55.0 Å². The number of anilines is 1. The van der Waals surface area contributed by atoms with Gasteiger partial charge in [-0.1, -0.05) is 13.8 Å². The standard InChI is InChI=1S/C24H32N4O6/c1-14(2)20(26-9-3-4-10-26)24(33)34-12-11-27-19(29)8-7-18(23(27)32)28-21(30)16-6-5-15(25)13-17(16)22(28)31/h5-6,13-14,18-20,29H,3-4,7-12,25H2,1-2H3/t18?,19?,20-/m0/s1. The molecule has 184 valence electrons. The molecule has 1 aromatic carbocycles. The summed E-state index contributed by atoms with van der Waals surface area (Å²) in [5, 5.41) is 10.4. The first-order valence-corrected chi connectivity index (χ1v) is 11.9. The molecular formula is C24H32N4O6. The third kappa shape index (κ3) is 4.39. The van der Waals surface area contributed by atoms with Crippen molar-refractivity contribution < 1.29 is 29.0 Å². The second-order valence-electron chi connectivity index (χ2n) is 9.49. The topological polar surface area (TPSA) is 133 Å². The Kier molecular flexibility index (Phi) is 6.90. The highest BCUT2D eigenvalue weighted by atomic mass is 16.5. The summed E-state index contributed by atoms with van der Waals surface area (Å²) in [6.07, 6.45) is 1.38. The largest absolute Gasteiger partial charge is 0.463 e. The van der Waals surface area contributed by atoms with Crippen molar-refractivity contribution in [1.82, 2.24) is 14.7 Å². The van der Waals surface area contributed by atoms with E-state index in [9.17, 15) is 24.3 Å². The molecule has 0 aliphatic carbocycles. The Hall–Kier alpha value is -2.98. The van der Waals surface area contributed by atoms with Crippen LogP contribution in [0.15, 0.2) is 18.2 Å². The van der Waals surface area contributed by atoms with Gasteiger partial charge in [0.1, 0.15) is 24.9 Å². The first-order chi connectivity index (χ1) is 16.2. The number of carbonyl (C=O) groups excluding carboxylic acids is 4. The summed E-state index contributed by atoms with van der Waals surface area (Å²) < 4.78 is 5.50. The summed E-state index contributed by atoms with van der Waals surface area (Å²) in [5.41, 5.74) is 6.49. The molecule has 0 aromatic heterocycles. The Bertz CT molecular complexity index is 990. The van der Waals surface area contributed by atoms with Gasteiger partial charge in [0.05, 0.1) is 17.7 Å². The molecule has 0 saturated carbocycles. The predicted molar refractivity (Wildman–Crippen MR) is 122 cm³/mol. The van der Waals surface area contributed by atoms with E-state index in [4.69, 9.17) is 10.5 Å². The molecule has 0 bridgehead atoms. The number of nitrogens with two attached hydrogens (primary N) is 1. The van der Waals surface area contributed by atoms with Gasteiger partial charge in [-0.05, 0) is 62.9 Å². The summed E-state index contributed by atoms with van der Waals surface area (Å²) >= 11 is 0. The molecule has 2 unspecified atom stereocenters. The van der Waals surface area contributed by atoms with Crippen LogP contribution in [-0.2, 0) is 14.3 Å².